The van der Waals surface area contributed by atoms with Crippen molar-refractivity contribution in [3.05, 3.63) is 28.3 Å². The number of nitrogens with zero attached hydrogens (tertiary/aromatic N) is 1. The molecular weight excluding hydrogens is 342 g/mol. The van der Waals surface area contributed by atoms with Crippen LogP contribution in [0.4, 0.5) is 5.82 Å². The molecule has 2 aromatic heterocycles. The number of halogens is 1. The van der Waals surface area contributed by atoms with E-state index in [1.165, 1.54) is 6.20 Å². The number of nitrogens with one attached hydrogen (secondary N) is 2. The highest BCUT2D eigenvalue weighted by atomic mass is 79.9. The Bertz CT molecular complexity index is 733. The molecule has 8 nitrogen and oxygen atoms in total. The third-order valence-electron chi connectivity index (χ3n) is 2.22. The monoisotopic (exact) mass is 349 g/mol. The summed E-state index contributed by atoms with van der Waals surface area (Å²) < 4.78 is 31.0. The number of aryl methyl sites for hydroxylation is 1. The van der Waals surface area contributed by atoms with E-state index in [0.29, 0.717) is 5.56 Å². The Balaban J connectivity index is 2.40. The van der Waals surface area contributed by atoms with Gasteiger partial charge < -0.3 is 9.52 Å². The van der Waals surface area contributed by atoms with Crippen LogP contribution < -0.4 is 4.72 Å². The van der Waals surface area contributed by atoms with Gasteiger partial charge in [0.05, 0.1) is 6.20 Å². The normalized spacial score (nSPS) is 11.5. The first-order valence-electron chi connectivity index (χ1n) is 4.86. The van der Waals surface area contributed by atoms with Crippen LogP contribution in [0, 0.1) is 6.92 Å². The Hall–Kier alpha value is -1.81. The molecule has 2 heterocycles. The summed E-state index contributed by atoms with van der Waals surface area (Å²) in [7, 11) is -3.97. The van der Waals surface area contributed by atoms with Crippen LogP contribution >= 0.6 is 15.9 Å². The van der Waals surface area contributed by atoms with Crippen molar-refractivity contribution < 1.29 is 22.7 Å². The first-order valence-corrected chi connectivity index (χ1v) is 7.14. The number of carboxylic acids is 1. The van der Waals surface area contributed by atoms with Crippen molar-refractivity contribution in [2.24, 2.45) is 0 Å². The second-order valence-corrected chi connectivity index (χ2v) is 5.96. The second kappa shape index (κ2) is 4.70. The van der Waals surface area contributed by atoms with E-state index in [0.717, 1.165) is 6.07 Å². The predicted molar refractivity (Wildman–Crippen MR) is 67.5 cm³/mol. The van der Waals surface area contributed by atoms with E-state index in [1.807, 2.05) is 0 Å². The summed E-state index contributed by atoms with van der Waals surface area (Å²) in [6.07, 6.45) is 1.45. The number of aromatic amines is 1. The summed E-state index contributed by atoms with van der Waals surface area (Å²) in [6, 6.07) is 0.917. The summed E-state index contributed by atoms with van der Waals surface area (Å²) in [5, 5.41) is 14.9. The highest BCUT2D eigenvalue weighted by molar-refractivity contribution is 9.10. The Labute approximate surface area is 116 Å². The predicted octanol–water partition coefficient (Wildman–Crippen LogP) is 1.57. The lowest BCUT2D eigenvalue weighted by Crippen LogP contribution is -2.13. The molecule has 19 heavy (non-hydrogen) atoms. The molecule has 2 rings (SSSR count). The molecule has 0 atom stereocenters. The third kappa shape index (κ3) is 2.63. The van der Waals surface area contributed by atoms with Crippen LogP contribution in [0.5, 0.6) is 0 Å². The Morgan fingerprint density at radius 3 is 2.74 bits per heavy atom. The summed E-state index contributed by atoms with van der Waals surface area (Å²) in [5.74, 6) is -1.64. The number of rotatable bonds is 4. The third-order valence-corrected chi connectivity index (χ3v) is 4.43. The van der Waals surface area contributed by atoms with Gasteiger partial charge in [-0.2, -0.15) is 5.10 Å². The van der Waals surface area contributed by atoms with Crippen LogP contribution in [-0.4, -0.2) is 29.7 Å². The molecule has 0 saturated carbocycles. The minimum atomic E-state index is -3.97. The smallest absolute Gasteiger partial charge is 0.371 e. The van der Waals surface area contributed by atoms with Gasteiger partial charge in [-0.1, -0.05) is 0 Å². The summed E-state index contributed by atoms with van der Waals surface area (Å²) in [4.78, 5) is 10.4. The van der Waals surface area contributed by atoms with Gasteiger partial charge in [0.25, 0.3) is 10.0 Å². The molecule has 0 aromatic carbocycles. The van der Waals surface area contributed by atoms with Gasteiger partial charge in [-0.05, 0) is 22.9 Å². The van der Waals surface area contributed by atoms with Gasteiger partial charge in [0, 0.05) is 11.6 Å². The van der Waals surface area contributed by atoms with Gasteiger partial charge >= 0.3 is 5.97 Å². The Kier molecular flexibility index (Phi) is 3.37. The van der Waals surface area contributed by atoms with Crippen LogP contribution in [0.2, 0.25) is 0 Å². The minimum Gasteiger partial charge on any atom is -0.475 e. The maximum Gasteiger partial charge on any atom is 0.371 e. The summed E-state index contributed by atoms with van der Waals surface area (Å²) >= 11 is 2.87. The minimum absolute atomic E-state index is 0.186. The highest BCUT2D eigenvalue weighted by Crippen LogP contribution is 2.28. The molecule has 0 unspecified atom stereocenters. The summed E-state index contributed by atoms with van der Waals surface area (Å²) in [5.41, 5.74) is 0.599. The van der Waals surface area contributed by atoms with Gasteiger partial charge in [-0.15, -0.1) is 0 Å². The second-order valence-electron chi connectivity index (χ2n) is 3.59. The SMILES string of the molecule is Cc1cn[nH]c1NS(=O)(=O)c1cc(C(=O)O)oc1Br. The van der Waals surface area contributed by atoms with Crippen molar-refractivity contribution in [3.8, 4) is 0 Å². The van der Waals surface area contributed by atoms with Crippen LogP contribution in [0.3, 0.4) is 0 Å². The van der Waals surface area contributed by atoms with Gasteiger partial charge in [0.1, 0.15) is 10.7 Å². The largest absolute Gasteiger partial charge is 0.475 e. The molecule has 0 bridgehead atoms. The van der Waals surface area contributed by atoms with E-state index in [2.05, 4.69) is 30.8 Å². The molecule has 2 aromatic rings. The van der Waals surface area contributed by atoms with Crippen LogP contribution in [-0.2, 0) is 10.0 Å². The molecule has 0 saturated heterocycles. The average molecular weight is 350 g/mol. The van der Waals surface area contributed by atoms with Crippen molar-refractivity contribution in [1.29, 1.82) is 0 Å². The van der Waals surface area contributed by atoms with Gasteiger partial charge in [0.2, 0.25) is 5.76 Å². The zero-order valence-corrected chi connectivity index (χ0v) is 11.9. The topological polar surface area (TPSA) is 125 Å². The molecule has 102 valence electrons. The number of carbonyl (C=O) groups is 1. The first-order chi connectivity index (χ1) is 8.81. The van der Waals surface area contributed by atoms with E-state index in [4.69, 9.17) is 9.52 Å². The number of anilines is 1. The lowest BCUT2D eigenvalue weighted by atomic mass is 10.4. The quantitative estimate of drug-likeness (QED) is 0.769. The number of furan rings is 1. The molecule has 0 fully saturated rings. The number of aromatic carboxylic acids is 1. The Morgan fingerprint density at radius 1 is 1.58 bits per heavy atom. The van der Waals surface area contributed by atoms with Gasteiger partial charge in [-0.25, -0.2) is 13.2 Å². The lowest BCUT2D eigenvalue weighted by Gasteiger charge is -2.04. The van der Waals surface area contributed by atoms with Crippen molar-refractivity contribution in [1.82, 2.24) is 10.2 Å². The van der Waals surface area contributed by atoms with E-state index in [-0.39, 0.29) is 15.4 Å². The molecular formula is C9H8BrN3O5S. The number of hydrogen-bond donors (Lipinski definition) is 3. The molecule has 0 spiro atoms. The van der Waals surface area contributed by atoms with Gasteiger partial charge in [0.15, 0.2) is 4.67 Å². The number of H-pyrrole nitrogens is 1. The van der Waals surface area contributed by atoms with E-state index in [1.54, 1.807) is 6.92 Å². The average Bonchev–Trinajstić information content (AvgIpc) is 2.86. The fourth-order valence-electron chi connectivity index (χ4n) is 1.28. The van der Waals surface area contributed by atoms with Gasteiger partial charge in [-0.3, -0.25) is 9.82 Å². The molecule has 10 heteroatoms. The number of aromatic nitrogens is 2. The van der Waals surface area contributed by atoms with E-state index in [9.17, 15) is 13.2 Å². The highest BCUT2D eigenvalue weighted by Gasteiger charge is 2.25. The molecule has 0 aliphatic rings. The molecule has 0 aliphatic carbocycles. The van der Waals surface area contributed by atoms with Crippen molar-refractivity contribution in [2.75, 3.05) is 4.72 Å². The maximum absolute atomic E-state index is 12.1. The fourth-order valence-corrected chi connectivity index (χ4v) is 3.31. The molecule has 0 aliphatic heterocycles. The van der Waals surface area contributed by atoms with Crippen LogP contribution in [0.15, 0.2) is 26.2 Å². The number of sulfonamides is 1. The van der Waals surface area contributed by atoms with E-state index < -0.39 is 21.8 Å². The summed E-state index contributed by atoms with van der Waals surface area (Å²) in [6.45, 7) is 1.66. The molecule has 3 N–H and O–H groups in total. The van der Waals surface area contributed by atoms with E-state index >= 15 is 0 Å². The molecule has 0 radical (unpaired) electrons. The van der Waals surface area contributed by atoms with Crippen molar-refractivity contribution in [2.45, 2.75) is 11.8 Å². The zero-order valence-electron chi connectivity index (χ0n) is 9.47. The first kappa shape index (κ1) is 13.6. The molecule has 0 amide bonds. The maximum atomic E-state index is 12.1. The standard InChI is InChI=1S/C9H8BrN3O5S/c1-4-3-11-12-8(4)13-19(16,17)6-2-5(9(14)15)18-7(6)10/h2-3H,1H3,(H,14,15)(H2,11,12,13). The van der Waals surface area contributed by atoms with Crippen molar-refractivity contribution >= 4 is 37.7 Å². The van der Waals surface area contributed by atoms with Crippen LogP contribution in [0.25, 0.3) is 0 Å². The Morgan fingerprint density at radius 2 is 2.26 bits per heavy atom. The van der Waals surface area contributed by atoms with Crippen molar-refractivity contribution in [3.63, 3.8) is 0 Å². The number of carboxylic acid groups (broad SMARTS) is 1. The lowest BCUT2D eigenvalue weighted by molar-refractivity contribution is 0.0661. The number of hydrogen-bond acceptors (Lipinski definition) is 5. The van der Waals surface area contributed by atoms with Crippen LogP contribution in [0.1, 0.15) is 16.1 Å². The zero-order chi connectivity index (χ0) is 14.2. The fraction of sp³-hybridized carbons (Fsp3) is 0.111.